The highest BCUT2D eigenvalue weighted by molar-refractivity contribution is 4.79. The molecule has 110 valence electrons. The van der Waals surface area contributed by atoms with Gasteiger partial charge in [0.15, 0.2) is 0 Å². The van der Waals surface area contributed by atoms with Crippen molar-refractivity contribution in [1.29, 1.82) is 0 Å². The fourth-order valence-corrected chi connectivity index (χ4v) is 2.06. The van der Waals surface area contributed by atoms with Gasteiger partial charge in [-0.25, -0.2) is 0 Å². The molecular weight excluding hydrogens is 243 g/mol. The van der Waals surface area contributed by atoms with Gasteiger partial charge in [0.05, 0.1) is 0 Å². The summed E-state index contributed by atoms with van der Waals surface area (Å²) in [5.74, 6) is 0. The van der Waals surface area contributed by atoms with Crippen LogP contribution in [-0.4, -0.2) is 61.3 Å². The van der Waals surface area contributed by atoms with Gasteiger partial charge in [-0.3, -0.25) is 4.90 Å². The minimum absolute atomic E-state index is 0.372. The molecule has 0 radical (unpaired) electrons. The third-order valence-electron chi connectivity index (χ3n) is 3.26. The summed E-state index contributed by atoms with van der Waals surface area (Å²) >= 11 is 0. The Morgan fingerprint density at radius 1 is 1.00 bits per heavy atom. The molecule has 1 atom stereocenters. The fourth-order valence-electron chi connectivity index (χ4n) is 2.06. The van der Waals surface area contributed by atoms with Gasteiger partial charge < -0.3 is 10.6 Å². The zero-order chi connectivity index (χ0) is 14.2. The smallest absolute Gasteiger partial charge is 0.329 e. The van der Waals surface area contributed by atoms with Crippen molar-refractivity contribution in [1.82, 2.24) is 9.80 Å². The average Bonchev–Trinajstić information content (AvgIpc) is 2.31. The lowest BCUT2D eigenvalue weighted by atomic mass is 10.2. The third-order valence-corrected chi connectivity index (χ3v) is 3.26. The normalized spacial score (nSPS) is 14.5. The Kier molecular flexibility index (Phi) is 8.56. The summed E-state index contributed by atoms with van der Waals surface area (Å²) in [4.78, 5) is 3.63. The summed E-state index contributed by atoms with van der Waals surface area (Å²) in [6, 6.07) is -1.51. The van der Waals surface area contributed by atoms with Crippen LogP contribution in [0.25, 0.3) is 0 Å². The van der Waals surface area contributed by atoms with Crippen molar-refractivity contribution in [3.63, 3.8) is 0 Å². The van der Waals surface area contributed by atoms with Crippen molar-refractivity contribution in [2.75, 3.05) is 39.3 Å². The van der Waals surface area contributed by atoms with E-state index < -0.39 is 12.2 Å². The van der Waals surface area contributed by atoms with E-state index >= 15 is 0 Å². The van der Waals surface area contributed by atoms with Gasteiger partial charge in [0, 0.05) is 13.1 Å². The van der Waals surface area contributed by atoms with Crippen LogP contribution in [0.5, 0.6) is 0 Å². The zero-order valence-corrected chi connectivity index (χ0v) is 11.6. The van der Waals surface area contributed by atoms with Gasteiger partial charge in [0.2, 0.25) is 0 Å². The largest absolute Gasteiger partial charge is 0.405 e. The first-order valence-corrected chi connectivity index (χ1v) is 6.63. The molecule has 0 spiro atoms. The lowest BCUT2D eigenvalue weighted by Gasteiger charge is -2.31. The average molecular weight is 269 g/mol. The molecule has 0 aliphatic carbocycles. The van der Waals surface area contributed by atoms with Gasteiger partial charge in [0.25, 0.3) is 0 Å². The van der Waals surface area contributed by atoms with Crippen molar-refractivity contribution >= 4 is 0 Å². The van der Waals surface area contributed by atoms with Crippen LogP contribution in [0.4, 0.5) is 13.2 Å². The third kappa shape index (κ3) is 6.02. The number of nitrogens with two attached hydrogens (primary N) is 1. The predicted molar refractivity (Wildman–Crippen MR) is 68.5 cm³/mol. The molecule has 0 amide bonds. The Morgan fingerprint density at radius 2 is 1.56 bits per heavy atom. The number of hydrogen-bond acceptors (Lipinski definition) is 3. The van der Waals surface area contributed by atoms with E-state index in [0.717, 1.165) is 26.1 Å². The van der Waals surface area contributed by atoms with Crippen LogP contribution in [0.2, 0.25) is 0 Å². The monoisotopic (exact) mass is 269 g/mol. The van der Waals surface area contributed by atoms with Crippen molar-refractivity contribution in [2.45, 2.75) is 39.4 Å². The quantitative estimate of drug-likeness (QED) is 0.694. The summed E-state index contributed by atoms with van der Waals surface area (Å²) in [7, 11) is 0. The second kappa shape index (κ2) is 8.72. The number of halogens is 3. The summed E-state index contributed by atoms with van der Waals surface area (Å²) in [6.07, 6.45) is -3.50. The van der Waals surface area contributed by atoms with E-state index in [1.807, 2.05) is 0 Å². The van der Waals surface area contributed by atoms with Crippen LogP contribution in [0.3, 0.4) is 0 Å². The molecule has 0 aromatic rings. The van der Waals surface area contributed by atoms with Gasteiger partial charge in [0.1, 0.15) is 6.04 Å². The minimum atomic E-state index is -4.24. The molecule has 1 unspecified atom stereocenters. The number of alkyl halides is 3. The van der Waals surface area contributed by atoms with E-state index in [0.29, 0.717) is 13.1 Å². The zero-order valence-electron chi connectivity index (χ0n) is 11.6. The Balaban J connectivity index is 4.25. The van der Waals surface area contributed by atoms with Gasteiger partial charge >= 0.3 is 6.18 Å². The molecule has 0 saturated carbocycles. The molecule has 0 aliphatic heterocycles. The van der Waals surface area contributed by atoms with Crippen LogP contribution in [0, 0.1) is 0 Å². The van der Waals surface area contributed by atoms with Crippen molar-refractivity contribution in [3.05, 3.63) is 0 Å². The van der Waals surface area contributed by atoms with E-state index in [4.69, 9.17) is 5.73 Å². The van der Waals surface area contributed by atoms with Crippen LogP contribution < -0.4 is 5.73 Å². The number of nitrogens with zero attached hydrogens (tertiary/aromatic N) is 2. The molecule has 0 aromatic carbocycles. The number of rotatable bonds is 9. The van der Waals surface area contributed by atoms with Crippen LogP contribution in [0.15, 0.2) is 0 Å². The van der Waals surface area contributed by atoms with E-state index in [-0.39, 0.29) is 6.54 Å². The number of likely N-dealkylation sites (N-methyl/N-ethyl adjacent to an activating group) is 1. The lowest BCUT2D eigenvalue weighted by Crippen LogP contribution is -2.50. The predicted octanol–water partition coefficient (Wildman–Crippen LogP) is 1.93. The molecule has 0 heterocycles. The SMILES string of the molecule is CCN(CC)CCCN(CC)C(CN)C(F)(F)F. The molecule has 0 bridgehead atoms. The van der Waals surface area contributed by atoms with Crippen LogP contribution in [0.1, 0.15) is 27.2 Å². The van der Waals surface area contributed by atoms with Gasteiger partial charge in [-0.15, -0.1) is 0 Å². The molecule has 6 heteroatoms. The molecular formula is C12H26F3N3. The second-order valence-corrected chi connectivity index (χ2v) is 4.30. The van der Waals surface area contributed by atoms with E-state index in [1.54, 1.807) is 6.92 Å². The second-order valence-electron chi connectivity index (χ2n) is 4.30. The molecule has 0 rings (SSSR count). The molecule has 0 aliphatic rings. The molecule has 0 aromatic heterocycles. The standard InChI is InChI=1S/C12H26F3N3/c1-4-17(5-2)8-7-9-18(6-3)11(10-16)12(13,14)15/h11H,4-10,16H2,1-3H3. The molecule has 2 N–H and O–H groups in total. The lowest BCUT2D eigenvalue weighted by molar-refractivity contribution is -0.180. The Morgan fingerprint density at radius 3 is 1.89 bits per heavy atom. The maximum atomic E-state index is 12.7. The van der Waals surface area contributed by atoms with Gasteiger partial charge in [-0.1, -0.05) is 20.8 Å². The Labute approximate surface area is 108 Å². The van der Waals surface area contributed by atoms with Gasteiger partial charge in [-0.05, 0) is 32.6 Å². The highest BCUT2D eigenvalue weighted by Gasteiger charge is 2.41. The van der Waals surface area contributed by atoms with Crippen molar-refractivity contribution in [2.24, 2.45) is 5.73 Å². The fraction of sp³-hybridized carbons (Fsp3) is 1.00. The molecule has 0 fully saturated rings. The molecule has 0 saturated heterocycles. The Bertz CT molecular complexity index is 205. The summed E-state index contributed by atoms with van der Waals surface area (Å²) in [6.45, 7) is 8.99. The van der Waals surface area contributed by atoms with E-state index in [2.05, 4.69) is 18.7 Å². The first-order chi connectivity index (χ1) is 8.40. The summed E-state index contributed by atoms with van der Waals surface area (Å²) in [5.41, 5.74) is 5.25. The molecule has 18 heavy (non-hydrogen) atoms. The number of hydrogen-bond donors (Lipinski definition) is 1. The highest BCUT2D eigenvalue weighted by Crippen LogP contribution is 2.24. The summed E-state index contributed by atoms with van der Waals surface area (Å²) in [5, 5.41) is 0. The van der Waals surface area contributed by atoms with Crippen LogP contribution >= 0.6 is 0 Å². The minimum Gasteiger partial charge on any atom is -0.329 e. The topological polar surface area (TPSA) is 32.5 Å². The van der Waals surface area contributed by atoms with Crippen LogP contribution in [-0.2, 0) is 0 Å². The maximum absolute atomic E-state index is 12.7. The molecule has 3 nitrogen and oxygen atoms in total. The maximum Gasteiger partial charge on any atom is 0.405 e. The van der Waals surface area contributed by atoms with E-state index in [9.17, 15) is 13.2 Å². The van der Waals surface area contributed by atoms with E-state index in [1.165, 1.54) is 4.90 Å². The first kappa shape index (κ1) is 17.7. The summed E-state index contributed by atoms with van der Waals surface area (Å²) < 4.78 is 38.2. The highest BCUT2D eigenvalue weighted by atomic mass is 19.4. The Hall–Kier alpha value is -0.330. The van der Waals surface area contributed by atoms with Crippen molar-refractivity contribution in [3.8, 4) is 0 Å². The van der Waals surface area contributed by atoms with Gasteiger partial charge in [-0.2, -0.15) is 13.2 Å². The first-order valence-electron chi connectivity index (χ1n) is 6.63. The van der Waals surface area contributed by atoms with Crippen molar-refractivity contribution < 1.29 is 13.2 Å².